The number of ether oxygens (including phenoxy) is 2. The Morgan fingerprint density at radius 3 is 2.75 bits per heavy atom. The number of carbonyl (C=O) groups excluding carboxylic acids is 1. The van der Waals surface area contributed by atoms with Crippen LogP contribution in [0.4, 0.5) is 0 Å². The minimum Gasteiger partial charge on any atom is -0.380 e. The number of carbonyl (C=O) groups is 1. The van der Waals surface area contributed by atoms with Gasteiger partial charge in [0.1, 0.15) is 0 Å². The molecule has 1 aromatic carbocycles. The first-order valence-electron chi connectivity index (χ1n) is 7.20. The predicted molar refractivity (Wildman–Crippen MR) is 75.5 cm³/mol. The Morgan fingerprint density at radius 1 is 1.35 bits per heavy atom. The maximum atomic E-state index is 12.5. The van der Waals surface area contributed by atoms with Crippen LogP contribution in [-0.4, -0.2) is 43.2 Å². The number of methoxy groups -OCH3 is 1. The van der Waals surface area contributed by atoms with Crippen molar-refractivity contribution >= 4 is 5.91 Å². The topological polar surface area (TPSA) is 38.8 Å². The van der Waals surface area contributed by atoms with Crippen molar-refractivity contribution in [2.45, 2.75) is 32.2 Å². The van der Waals surface area contributed by atoms with Crippen molar-refractivity contribution in [3.63, 3.8) is 0 Å². The van der Waals surface area contributed by atoms with Gasteiger partial charge in [0.15, 0.2) is 0 Å². The van der Waals surface area contributed by atoms with Crippen LogP contribution in [0.3, 0.4) is 0 Å². The van der Waals surface area contributed by atoms with Gasteiger partial charge in [-0.05, 0) is 31.0 Å². The summed E-state index contributed by atoms with van der Waals surface area (Å²) >= 11 is 0. The zero-order valence-corrected chi connectivity index (χ0v) is 12.0. The molecule has 2 saturated heterocycles. The van der Waals surface area contributed by atoms with Crippen molar-refractivity contribution in [3.8, 4) is 0 Å². The van der Waals surface area contributed by atoms with Gasteiger partial charge in [0.25, 0.3) is 5.91 Å². The van der Waals surface area contributed by atoms with Crippen molar-refractivity contribution in [1.29, 1.82) is 0 Å². The molecule has 2 aliphatic heterocycles. The second-order valence-corrected chi connectivity index (χ2v) is 5.82. The van der Waals surface area contributed by atoms with E-state index < -0.39 is 0 Å². The SMILES string of the molecule is COCc1ccc(C(=O)N2C[C@H]3C[C@H](C)O[C@H]3C2)cc1. The van der Waals surface area contributed by atoms with Crippen molar-refractivity contribution in [2.75, 3.05) is 20.2 Å². The Hall–Kier alpha value is -1.39. The van der Waals surface area contributed by atoms with Gasteiger partial charge in [0, 0.05) is 31.7 Å². The van der Waals surface area contributed by atoms with Crippen LogP contribution in [-0.2, 0) is 16.1 Å². The highest BCUT2D eigenvalue weighted by Gasteiger charge is 2.42. The fourth-order valence-corrected chi connectivity index (χ4v) is 3.26. The van der Waals surface area contributed by atoms with Crippen LogP contribution in [0.5, 0.6) is 0 Å². The summed E-state index contributed by atoms with van der Waals surface area (Å²) in [5.74, 6) is 0.626. The van der Waals surface area contributed by atoms with Gasteiger partial charge in [-0.2, -0.15) is 0 Å². The second kappa shape index (κ2) is 5.54. The van der Waals surface area contributed by atoms with Crippen LogP contribution in [0, 0.1) is 5.92 Å². The Labute approximate surface area is 119 Å². The van der Waals surface area contributed by atoms with Crippen LogP contribution in [0.15, 0.2) is 24.3 Å². The summed E-state index contributed by atoms with van der Waals surface area (Å²) in [6.45, 7) is 4.24. The van der Waals surface area contributed by atoms with E-state index in [1.807, 2.05) is 29.2 Å². The van der Waals surface area contributed by atoms with Crippen LogP contribution >= 0.6 is 0 Å². The van der Waals surface area contributed by atoms with Gasteiger partial charge in [-0.3, -0.25) is 4.79 Å². The average Bonchev–Trinajstić information content (AvgIpc) is 2.96. The first-order chi connectivity index (χ1) is 9.67. The normalized spacial score (nSPS) is 28.7. The zero-order valence-electron chi connectivity index (χ0n) is 12.0. The van der Waals surface area contributed by atoms with E-state index in [1.54, 1.807) is 7.11 Å². The maximum absolute atomic E-state index is 12.5. The number of amides is 1. The Bertz CT molecular complexity index is 471. The molecular weight excluding hydrogens is 254 g/mol. The monoisotopic (exact) mass is 275 g/mol. The molecule has 2 heterocycles. The van der Waals surface area contributed by atoms with E-state index in [0.717, 1.165) is 30.6 Å². The van der Waals surface area contributed by atoms with E-state index in [1.165, 1.54) is 0 Å². The summed E-state index contributed by atoms with van der Waals surface area (Å²) in [7, 11) is 1.67. The fourth-order valence-electron chi connectivity index (χ4n) is 3.26. The van der Waals surface area contributed by atoms with E-state index in [-0.39, 0.29) is 12.0 Å². The molecule has 3 atom stereocenters. The van der Waals surface area contributed by atoms with Gasteiger partial charge >= 0.3 is 0 Å². The van der Waals surface area contributed by atoms with Gasteiger partial charge in [-0.1, -0.05) is 12.1 Å². The highest BCUT2D eigenvalue weighted by atomic mass is 16.5. The smallest absolute Gasteiger partial charge is 0.253 e. The number of rotatable bonds is 3. The zero-order chi connectivity index (χ0) is 14.1. The Kier molecular flexibility index (Phi) is 3.76. The molecular formula is C16H21NO3. The molecule has 3 rings (SSSR count). The third kappa shape index (κ3) is 2.58. The standard InChI is InChI=1S/C16H21NO3/c1-11-7-14-8-17(9-15(14)20-11)16(18)13-5-3-12(4-6-13)10-19-2/h3-6,11,14-15H,7-10H2,1-2H3/t11-,14+,15-/m0/s1. The molecule has 0 saturated carbocycles. The lowest BCUT2D eigenvalue weighted by Crippen LogP contribution is -2.31. The van der Waals surface area contributed by atoms with E-state index in [0.29, 0.717) is 18.6 Å². The maximum Gasteiger partial charge on any atom is 0.253 e. The predicted octanol–water partition coefficient (Wildman–Crippen LogP) is 2.08. The molecule has 4 nitrogen and oxygen atoms in total. The molecule has 0 spiro atoms. The summed E-state index contributed by atoms with van der Waals surface area (Å²) in [5.41, 5.74) is 1.83. The third-order valence-electron chi connectivity index (χ3n) is 4.22. The van der Waals surface area contributed by atoms with Crippen molar-refractivity contribution < 1.29 is 14.3 Å². The fraction of sp³-hybridized carbons (Fsp3) is 0.562. The lowest BCUT2D eigenvalue weighted by atomic mass is 10.0. The summed E-state index contributed by atoms with van der Waals surface area (Å²) in [6.07, 6.45) is 1.65. The van der Waals surface area contributed by atoms with Gasteiger partial charge in [-0.15, -0.1) is 0 Å². The Morgan fingerprint density at radius 2 is 2.10 bits per heavy atom. The summed E-state index contributed by atoms with van der Waals surface area (Å²) in [5, 5.41) is 0. The molecule has 2 aliphatic rings. The number of likely N-dealkylation sites (tertiary alicyclic amines) is 1. The van der Waals surface area contributed by atoms with Gasteiger partial charge in [0.2, 0.25) is 0 Å². The molecule has 1 amide bonds. The minimum atomic E-state index is 0.111. The quantitative estimate of drug-likeness (QED) is 0.848. The molecule has 4 heteroatoms. The first-order valence-corrected chi connectivity index (χ1v) is 7.20. The molecule has 0 aromatic heterocycles. The third-order valence-corrected chi connectivity index (χ3v) is 4.22. The largest absolute Gasteiger partial charge is 0.380 e. The van der Waals surface area contributed by atoms with Crippen molar-refractivity contribution in [3.05, 3.63) is 35.4 Å². The molecule has 108 valence electrons. The van der Waals surface area contributed by atoms with Crippen LogP contribution < -0.4 is 0 Å². The molecule has 2 fully saturated rings. The number of fused-ring (bicyclic) bond motifs is 1. The molecule has 0 unspecified atom stereocenters. The van der Waals surface area contributed by atoms with Crippen LogP contribution in [0.2, 0.25) is 0 Å². The highest BCUT2D eigenvalue weighted by molar-refractivity contribution is 5.94. The molecule has 0 radical (unpaired) electrons. The molecule has 0 bridgehead atoms. The van der Waals surface area contributed by atoms with Gasteiger partial charge < -0.3 is 14.4 Å². The van der Waals surface area contributed by atoms with E-state index >= 15 is 0 Å². The number of benzene rings is 1. The number of nitrogens with zero attached hydrogens (tertiary/aromatic N) is 1. The summed E-state index contributed by atoms with van der Waals surface area (Å²) in [4.78, 5) is 14.4. The molecule has 1 aromatic rings. The van der Waals surface area contributed by atoms with E-state index in [9.17, 15) is 4.79 Å². The summed E-state index contributed by atoms with van der Waals surface area (Å²) in [6, 6.07) is 7.67. The Balaban J connectivity index is 1.65. The molecule has 0 N–H and O–H groups in total. The van der Waals surface area contributed by atoms with Crippen molar-refractivity contribution in [2.24, 2.45) is 5.92 Å². The van der Waals surface area contributed by atoms with E-state index in [2.05, 4.69) is 6.92 Å². The molecule has 0 aliphatic carbocycles. The van der Waals surface area contributed by atoms with Crippen molar-refractivity contribution in [1.82, 2.24) is 4.90 Å². The van der Waals surface area contributed by atoms with Crippen LogP contribution in [0.25, 0.3) is 0 Å². The average molecular weight is 275 g/mol. The van der Waals surface area contributed by atoms with Crippen LogP contribution in [0.1, 0.15) is 29.3 Å². The second-order valence-electron chi connectivity index (χ2n) is 5.82. The lowest BCUT2D eigenvalue weighted by Gasteiger charge is -2.18. The van der Waals surface area contributed by atoms with Gasteiger partial charge in [0.05, 0.1) is 18.8 Å². The molecule has 20 heavy (non-hydrogen) atoms. The number of hydrogen-bond donors (Lipinski definition) is 0. The summed E-state index contributed by atoms with van der Waals surface area (Å²) < 4.78 is 10.9. The highest BCUT2D eigenvalue weighted by Crippen LogP contribution is 2.33. The lowest BCUT2D eigenvalue weighted by molar-refractivity contribution is 0.0443. The van der Waals surface area contributed by atoms with E-state index in [4.69, 9.17) is 9.47 Å². The van der Waals surface area contributed by atoms with Gasteiger partial charge in [-0.25, -0.2) is 0 Å². The minimum absolute atomic E-state index is 0.111. The first kappa shape index (κ1) is 13.6. The number of hydrogen-bond acceptors (Lipinski definition) is 3.